The molecule has 0 bridgehead atoms. The highest BCUT2D eigenvalue weighted by Crippen LogP contribution is 2.28. The Kier molecular flexibility index (Phi) is 5.08. The van der Waals surface area contributed by atoms with Crippen molar-refractivity contribution in [2.45, 2.75) is 19.5 Å². The lowest BCUT2D eigenvalue weighted by molar-refractivity contribution is 0.812. The first kappa shape index (κ1) is 15.4. The Bertz CT molecular complexity index is 599. The maximum absolute atomic E-state index is 6.20. The van der Waals surface area contributed by atoms with Gasteiger partial charge < -0.3 is 10.6 Å². The van der Waals surface area contributed by atoms with Gasteiger partial charge in [0.25, 0.3) is 0 Å². The van der Waals surface area contributed by atoms with E-state index in [2.05, 4.69) is 46.1 Å². The number of nitrogens with zero attached hydrogens (tertiary/aromatic N) is 1. The number of rotatable bonds is 4. The first-order chi connectivity index (χ1) is 9.49. The van der Waals surface area contributed by atoms with Crippen LogP contribution >= 0.6 is 27.5 Å². The Morgan fingerprint density at radius 2 is 1.95 bits per heavy atom. The number of hydrogen-bond acceptors (Lipinski definition) is 2. The van der Waals surface area contributed by atoms with E-state index in [1.54, 1.807) is 0 Å². The third-order valence-electron chi connectivity index (χ3n) is 3.28. The molecule has 106 valence electrons. The van der Waals surface area contributed by atoms with Gasteiger partial charge in [0, 0.05) is 34.8 Å². The summed E-state index contributed by atoms with van der Waals surface area (Å²) in [6.07, 6.45) is 0. The second-order valence-electron chi connectivity index (χ2n) is 4.94. The summed E-state index contributed by atoms with van der Waals surface area (Å²) < 4.78 is 1.04. The first-order valence-electron chi connectivity index (χ1n) is 6.48. The van der Waals surface area contributed by atoms with E-state index in [0.29, 0.717) is 0 Å². The molecule has 2 rings (SSSR count). The summed E-state index contributed by atoms with van der Waals surface area (Å²) >= 11 is 9.78. The lowest BCUT2D eigenvalue weighted by Crippen LogP contribution is -2.17. The molecule has 0 saturated heterocycles. The predicted molar refractivity (Wildman–Crippen MR) is 90.3 cm³/mol. The molecule has 0 fully saturated rings. The molecule has 0 aliphatic rings. The van der Waals surface area contributed by atoms with Crippen LogP contribution in [-0.4, -0.2) is 7.05 Å². The predicted octanol–water partition coefficient (Wildman–Crippen LogP) is 4.76. The summed E-state index contributed by atoms with van der Waals surface area (Å²) in [6, 6.07) is 14.2. The van der Waals surface area contributed by atoms with E-state index < -0.39 is 0 Å². The van der Waals surface area contributed by atoms with Gasteiger partial charge in [-0.2, -0.15) is 0 Å². The van der Waals surface area contributed by atoms with Crippen LogP contribution in [0.4, 0.5) is 5.69 Å². The van der Waals surface area contributed by atoms with Gasteiger partial charge in [-0.1, -0.05) is 51.8 Å². The molecule has 20 heavy (non-hydrogen) atoms. The fourth-order valence-electron chi connectivity index (χ4n) is 2.10. The highest BCUT2D eigenvalue weighted by atomic mass is 79.9. The van der Waals surface area contributed by atoms with Crippen LogP contribution in [0.1, 0.15) is 24.1 Å². The molecule has 0 amide bonds. The summed E-state index contributed by atoms with van der Waals surface area (Å²) in [5.41, 5.74) is 9.28. The summed E-state index contributed by atoms with van der Waals surface area (Å²) in [5, 5.41) is 0.797. The van der Waals surface area contributed by atoms with Gasteiger partial charge in [0.2, 0.25) is 0 Å². The van der Waals surface area contributed by atoms with Gasteiger partial charge in [-0.05, 0) is 36.2 Å². The SMILES string of the molecule is CC(N)c1ccc(N(C)Cc2ccccc2Cl)cc1Br. The number of benzene rings is 2. The normalized spacial score (nSPS) is 12.2. The number of anilines is 1. The van der Waals surface area contributed by atoms with E-state index in [0.717, 1.165) is 32.9 Å². The van der Waals surface area contributed by atoms with E-state index >= 15 is 0 Å². The molecule has 0 radical (unpaired) electrons. The molecule has 1 unspecified atom stereocenters. The Morgan fingerprint density at radius 1 is 1.25 bits per heavy atom. The van der Waals surface area contributed by atoms with Crippen molar-refractivity contribution in [2.24, 2.45) is 5.73 Å². The third-order valence-corrected chi connectivity index (χ3v) is 4.34. The van der Waals surface area contributed by atoms with Crippen LogP contribution in [0.3, 0.4) is 0 Å². The lowest BCUT2D eigenvalue weighted by Gasteiger charge is -2.21. The van der Waals surface area contributed by atoms with Gasteiger partial charge in [-0.3, -0.25) is 0 Å². The Balaban J connectivity index is 2.20. The zero-order valence-electron chi connectivity index (χ0n) is 11.6. The average molecular weight is 354 g/mol. The quantitative estimate of drug-likeness (QED) is 0.858. The molecular formula is C16H18BrClN2. The number of nitrogens with two attached hydrogens (primary N) is 1. The highest BCUT2D eigenvalue weighted by Gasteiger charge is 2.09. The van der Waals surface area contributed by atoms with Crippen molar-refractivity contribution >= 4 is 33.2 Å². The fourth-order valence-corrected chi connectivity index (χ4v) is 3.02. The van der Waals surface area contributed by atoms with Crippen LogP contribution in [0.25, 0.3) is 0 Å². The molecule has 0 aliphatic heterocycles. The van der Waals surface area contributed by atoms with Crippen LogP contribution in [0.15, 0.2) is 46.9 Å². The lowest BCUT2D eigenvalue weighted by atomic mass is 10.1. The van der Waals surface area contributed by atoms with Gasteiger partial charge in [0.05, 0.1) is 0 Å². The zero-order valence-corrected chi connectivity index (χ0v) is 13.9. The zero-order chi connectivity index (χ0) is 14.7. The van der Waals surface area contributed by atoms with E-state index in [1.807, 2.05) is 31.2 Å². The minimum absolute atomic E-state index is 0.0206. The van der Waals surface area contributed by atoms with Gasteiger partial charge in [-0.15, -0.1) is 0 Å². The van der Waals surface area contributed by atoms with Gasteiger partial charge in [0.15, 0.2) is 0 Å². The largest absolute Gasteiger partial charge is 0.370 e. The first-order valence-corrected chi connectivity index (χ1v) is 7.65. The molecule has 0 heterocycles. The Hall–Kier alpha value is -1.03. The summed E-state index contributed by atoms with van der Waals surface area (Å²) in [6.45, 7) is 2.75. The fraction of sp³-hybridized carbons (Fsp3) is 0.250. The third kappa shape index (κ3) is 3.54. The van der Waals surface area contributed by atoms with Crippen molar-refractivity contribution in [1.82, 2.24) is 0 Å². The van der Waals surface area contributed by atoms with Crippen LogP contribution in [0.2, 0.25) is 5.02 Å². The highest BCUT2D eigenvalue weighted by molar-refractivity contribution is 9.10. The minimum atomic E-state index is 0.0206. The van der Waals surface area contributed by atoms with Gasteiger partial charge in [0.1, 0.15) is 0 Å². The Morgan fingerprint density at radius 3 is 2.55 bits per heavy atom. The minimum Gasteiger partial charge on any atom is -0.370 e. The molecule has 0 aliphatic carbocycles. The standard InChI is InChI=1S/C16H18BrClN2/c1-11(19)14-8-7-13(9-15(14)17)20(2)10-12-5-3-4-6-16(12)18/h3-9,11H,10,19H2,1-2H3. The van der Waals surface area contributed by atoms with Crippen LogP contribution < -0.4 is 10.6 Å². The van der Waals surface area contributed by atoms with E-state index in [4.69, 9.17) is 17.3 Å². The van der Waals surface area contributed by atoms with Crippen molar-refractivity contribution in [1.29, 1.82) is 0 Å². The summed E-state index contributed by atoms with van der Waals surface area (Å²) in [5.74, 6) is 0. The van der Waals surface area contributed by atoms with Gasteiger partial charge in [-0.25, -0.2) is 0 Å². The van der Waals surface area contributed by atoms with Crippen molar-refractivity contribution in [2.75, 3.05) is 11.9 Å². The van der Waals surface area contributed by atoms with E-state index in [1.165, 1.54) is 0 Å². The average Bonchev–Trinajstić information content (AvgIpc) is 2.40. The maximum Gasteiger partial charge on any atom is 0.0455 e. The maximum atomic E-state index is 6.20. The van der Waals surface area contributed by atoms with Crippen LogP contribution in [0.5, 0.6) is 0 Å². The van der Waals surface area contributed by atoms with Crippen molar-refractivity contribution < 1.29 is 0 Å². The van der Waals surface area contributed by atoms with Crippen LogP contribution in [-0.2, 0) is 6.54 Å². The smallest absolute Gasteiger partial charge is 0.0455 e. The van der Waals surface area contributed by atoms with Gasteiger partial charge >= 0.3 is 0 Å². The van der Waals surface area contributed by atoms with Crippen molar-refractivity contribution in [3.05, 3.63) is 63.1 Å². The molecule has 4 heteroatoms. The topological polar surface area (TPSA) is 29.3 Å². The summed E-state index contributed by atoms with van der Waals surface area (Å²) in [4.78, 5) is 2.16. The van der Waals surface area contributed by atoms with Crippen LogP contribution in [0, 0.1) is 0 Å². The Labute approximate surface area is 133 Å². The number of halogens is 2. The molecule has 2 N–H and O–H groups in total. The molecular weight excluding hydrogens is 336 g/mol. The summed E-state index contributed by atoms with van der Waals surface area (Å²) in [7, 11) is 2.05. The molecule has 2 aromatic rings. The molecule has 0 aromatic heterocycles. The second kappa shape index (κ2) is 6.61. The van der Waals surface area contributed by atoms with Crippen molar-refractivity contribution in [3.8, 4) is 0 Å². The molecule has 2 nitrogen and oxygen atoms in total. The van der Waals surface area contributed by atoms with Crippen molar-refractivity contribution in [3.63, 3.8) is 0 Å². The second-order valence-corrected chi connectivity index (χ2v) is 6.20. The molecule has 1 atom stereocenters. The monoisotopic (exact) mass is 352 g/mol. The molecule has 0 spiro atoms. The molecule has 2 aromatic carbocycles. The van der Waals surface area contributed by atoms with E-state index in [-0.39, 0.29) is 6.04 Å². The van der Waals surface area contributed by atoms with E-state index in [9.17, 15) is 0 Å². The molecule has 0 saturated carbocycles. The number of hydrogen-bond donors (Lipinski definition) is 1.